The second-order valence-corrected chi connectivity index (χ2v) is 15.6. The van der Waals surface area contributed by atoms with Gasteiger partial charge in [0.2, 0.25) is 17.7 Å². The van der Waals surface area contributed by atoms with E-state index in [1.807, 2.05) is 6.92 Å². The van der Waals surface area contributed by atoms with Gasteiger partial charge in [-0.3, -0.25) is 28.8 Å². The number of amides is 3. The Morgan fingerprint density at radius 2 is 0.911 bits per heavy atom. The number of unbranched alkanes of at least 4 members (excludes halogenated alkanes) is 15. The first-order valence-electron chi connectivity index (χ1n) is 21.6. The van der Waals surface area contributed by atoms with Crippen LogP contribution in [0.3, 0.4) is 0 Å². The Labute approximate surface area is 336 Å². The van der Waals surface area contributed by atoms with Gasteiger partial charge in [0.15, 0.2) is 0 Å². The molecule has 0 heterocycles. The van der Waals surface area contributed by atoms with Gasteiger partial charge in [0.05, 0.1) is 12.1 Å². The number of nitrogens with one attached hydrogen (secondary N) is 3. The summed E-state index contributed by atoms with van der Waals surface area (Å²) in [5.74, 6) is -2.46. The summed E-state index contributed by atoms with van der Waals surface area (Å²) in [6, 6.07) is -2.36. The maximum absolute atomic E-state index is 12.4. The Balaban J connectivity index is 3.89. The Kier molecular flexibility index (Phi) is 32.7. The Morgan fingerprint density at radius 3 is 1.38 bits per heavy atom. The highest BCUT2D eigenvalue weighted by atomic mass is 16.4. The smallest absolute Gasteiger partial charge is 0.326 e. The number of hydrogen-bond donors (Lipinski definition) is 7. The molecule has 0 bridgehead atoms. The van der Waals surface area contributed by atoms with Crippen LogP contribution in [-0.2, 0) is 33.6 Å². The van der Waals surface area contributed by atoms with E-state index in [1.54, 1.807) is 6.92 Å². The average Bonchev–Trinajstić information content (AvgIpc) is 3.15. The molecule has 3 amide bonds. The van der Waals surface area contributed by atoms with Crippen LogP contribution in [0.25, 0.3) is 0 Å². The molecule has 0 saturated heterocycles. The molecule has 0 rings (SSSR count). The van der Waals surface area contributed by atoms with E-state index in [2.05, 4.69) is 16.0 Å². The molecule has 0 unspecified atom stereocenters. The van der Waals surface area contributed by atoms with Gasteiger partial charge >= 0.3 is 11.9 Å². The van der Waals surface area contributed by atoms with E-state index in [1.165, 1.54) is 19.3 Å². The first kappa shape index (κ1) is 52.6. The summed E-state index contributed by atoms with van der Waals surface area (Å²) in [6.07, 6.45) is 20.2. The lowest BCUT2D eigenvalue weighted by molar-refractivity contribution is -0.142. The monoisotopic (exact) mass is 796 g/mol. The number of rotatable bonds is 39. The number of carboxylic acid groups (broad SMARTS) is 2. The topological polar surface area (TPSA) is 248 Å². The summed E-state index contributed by atoms with van der Waals surface area (Å²) in [7, 11) is 0. The zero-order valence-electron chi connectivity index (χ0n) is 34.7. The fourth-order valence-corrected chi connectivity index (χ4v) is 6.36. The lowest BCUT2D eigenvalue weighted by atomic mass is 10.0. The molecule has 0 aliphatic carbocycles. The molecule has 0 radical (unpaired) electrons. The SMILES string of the molecule is CC(=O)[C@@H](C)CCCCNC(=O)[C@@H](N)CCCCNC(=O)[C@@H](N)CCCCCC(=O)CC[C@H](NC(=O)CCCCCCCCCCCCCCC(=O)O)C(=O)O. The molecular weight excluding hydrogens is 718 g/mol. The largest absolute Gasteiger partial charge is 0.481 e. The highest BCUT2D eigenvalue weighted by molar-refractivity contribution is 5.85. The quantitative estimate of drug-likeness (QED) is 0.0363. The van der Waals surface area contributed by atoms with Gasteiger partial charge in [0, 0.05) is 44.7 Å². The summed E-state index contributed by atoms with van der Waals surface area (Å²) in [5.41, 5.74) is 12.0. The minimum Gasteiger partial charge on any atom is -0.481 e. The molecule has 0 aromatic carbocycles. The predicted octanol–water partition coefficient (Wildman–Crippen LogP) is 5.85. The molecule has 14 nitrogen and oxygen atoms in total. The van der Waals surface area contributed by atoms with Gasteiger partial charge in [-0.2, -0.15) is 0 Å². The molecule has 0 saturated carbocycles. The second kappa shape index (κ2) is 34.8. The molecule has 0 aromatic heterocycles. The van der Waals surface area contributed by atoms with E-state index in [9.17, 15) is 38.7 Å². The minimum absolute atomic E-state index is 0.0413. The summed E-state index contributed by atoms with van der Waals surface area (Å²) in [4.78, 5) is 82.7. The molecule has 0 aromatic rings. The Morgan fingerprint density at radius 1 is 0.500 bits per heavy atom. The first-order chi connectivity index (χ1) is 26.7. The average molecular weight is 796 g/mol. The molecule has 9 N–H and O–H groups in total. The van der Waals surface area contributed by atoms with Crippen molar-refractivity contribution in [1.29, 1.82) is 0 Å². The standard InChI is InChI=1S/C42H77N5O9/c1-32(33(2)48)22-18-20-30-45-41(54)36(44)25-19-21-31-46-40(53)35(43)24-15-13-14-23-34(49)28-29-37(42(55)56)47-38(50)26-16-11-9-7-5-3-4-6-8-10-12-17-27-39(51)52/h32,35-37H,3-31,43-44H2,1-2H3,(H,45,54)(H,46,53)(H,47,50)(H,51,52)(H,55,56)/t32-,35-,36-,37-/m0/s1. The number of Topliss-reactive ketones (excluding diaryl/α,β-unsaturated/α-hetero) is 2. The summed E-state index contributed by atoms with van der Waals surface area (Å²) in [5, 5.41) is 26.4. The van der Waals surface area contributed by atoms with Crippen LogP contribution in [-0.4, -0.2) is 82.7 Å². The van der Waals surface area contributed by atoms with Crippen LogP contribution in [0.15, 0.2) is 0 Å². The summed E-state index contributed by atoms with van der Waals surface area (Å²) < 4.78 is 0. The van der Waals surface area contributed by atoms with Crippen LogP contribution in [0.5, 0.6) is 0 Å². The zero-order chi connectivity index (χ0) is 42.0. The number of hydrogen-bond acceptors (Lipinski definition) is 9. The molecule has 324 valence electrons. The number of aliphatic carboxylic acids is 2. The predicted molar refractivity (Wildman–Crippen MR) is 219 cm³/mol. The van der Waals surface area contributed by atoms with E-state index in [-0.39, 0.29) is 60.9 Å². The number of carbonyl (C=O) groups is 7. The molecule has 0 aliphatic heterocycles. The van der Waals surface area contributed by atoms with Crippen molar-refractivity contribution in [2.45, 2.75) is 205 Å². The number of ketones is 2. The minimum atomic E-state index is -1.15. The molecule has 4 atom stereocenters. The van der Waals surface area contributed by atoms with Crippen LogP contribution in [0.2, 0.25) is 0 Å². The molecule has 0 spiro atoms. The third-order valence-electron chi connectivity index (χ3n) is 10.3. The van der Waals surface area contributed by atoms with Crippen molar-refractivity contribution in [1.82, 2.24) is 16.0 Å². The van der Waals surface area contributed by atoms with Crippen LogP contribution < -0.4 is 27.4 Å². The lowest BCUT2D eigenvalue weighted by Gasteiger charge is -2.14. The van der Waals surface area contributed by atoms with Crippen molar-refractivity contribution in [3.8, 4) is 0 Å². The van der Waals surface area contributed by atoms with Gasteiger partial charge in [-0.1, -0.05) is 90.4 Å². The van der Waals surface area contributed by atoms with Crippen molar-refractivity contribution >= 4 is 41.2 Å². The van der Waals surface area contributed by atoms with Crippen LogP contribution in [0, 0.1) is 5.92 Å². The maximum Gasteiger partial charge on any atom is 0.326 e. The molecule has 0 fully saturated rings. The van der Waals surface area contributed by atoms with Crippen LogP contribution >= 0.6 is 0 Å². The summed E-state index contributed by atoms with van der Waals surface area (Å²) in [6.45, 7) is 4.46. The van der Waals surface area contributed by atoms with Gasteiger partial charge in [-0.25, -0.2) is 4.79 Å². The highest BCUT2D eigenvalue weighted by Crippen LogP contribution is 2.14. The zero-order valence-corrected chi connectivity index (χ0v) is 34.7. The van der Waals surface area contributed by atoms with Gasteiger partial charge in [0.25, 0.3) is 0 Å². The number of nitrogens with two attached hydrogens (primary N) is 2. The fourth-order valence-electron chi connectivity index (χ4n) is 6.36. The molecular formula is C42H77N5O9. The van der Waals surface area contributed by atoms with Gasteiger partial charge in [-0.05, 0) is 71.1 Å². The number of carbonyl (C=O) groups excluding carboxylic acids is 5. The van der Waals surface area contributed by atoms with Gasteiger partial charge < -0.3 is 37.6 Å². The van der Waals surface area contributed by atoms with Crippen molar-refractivity contribution in [2.24, 2.45) is 17.4 Å². The fraction of sp³-hybridized carbons (Fsp3) is 0.833. The molecule has 0 aliphatic rings. The van der Waals surface area contributed by atoms with Crippen molar-refractivity contribution < 1.29 is 43.8 Å². The van der Waals surface area contributed by atoms with Crippen LogP contribution in [0.4, 0.5) is 0 Å². The van der Waals surface area contributed by atoms with E-state index >= 15 is 0 Å². The summed E-state index contributed by atoms with van der Waals surface area (Å²) >= 11 is 0. The van der Waals surface area contributed by atoms with E-state index in [0.717, 1.165) is 70.6 Å². The van der Waals surface area contributed by atoms with Crippen LogP contribution in [0.1, 0.15) is 187 Å². The highest BCUT2D eigenvalue weighted by Gasteiger charge is 2.21. The van der Waals surface area contributed by atoms with Crippen molar-refractivity contribution in [3.63, 3.8) is 0 Å². The van der Waals surface area contributed by atoms with Crippen molar-refractivity contribution in [2.75, 3.05) is 13.1 Å². The lowest BCUT2D eigenvalue weighted by Crippen LogP contribution is -2.41. The maximum atomic E-state index is 12.4. The second-order valence-electron chi connectivity index (χ2n) is 15.6. The van der Waals surface area contributed by atoms with E-state index < -0.39 is 30.1 Å². The van der Waals surface area contributed by atoms with E-state index in [4.69, 9.17) is 16.6 Å². The van der Waals surface area contributed by atoms with Gasteiger partial charge in [-0.15, -0.1) is 0 Å². The molecule has 56 heavy (non-hydrogen) atoms. The first-order valence-corrected chi connectivity index (χ1v) is 21.6. The molecule has 14 heteroatoms. The Hall–Kier alpha value is -3.39. The van der Waals surface area contributed by atoms with Crippen molar-refractivity contribution in [3.05, 3.63) is 0 Å². The number of carboxylic acids is 2. The third-order valence-corrected chi connectivity index (χ3v) is 10.3. The van der Waals surface area contributed by atoms with Gasteiger partial charge in [0.1, 0.15) is 17.6 Å². The third kappa shape index (κ3) is 31.8. The van der Waals surface area contributed by atoms with E-state index in [0.29, 0.717) is 70.9 Å². The normalized spacial score (nSPS) is 13.3. The Bertz CT molecular complexity index is 1140.